The molecule has 1 N–H and O–H groups in total. The molecule has 58 valence electrons. The molecule has 0 saturated heterocycles. The van der Waals surface area contributed by atoms with Crippen molar-refractivity contribution in [1.82, 2.24) is 5.32 Å². The van der Waals surface area contributed by atoms with Crippen molar-refractivity contribution in [2.75, 3.05) is 13.6 Å². The van der Waals surface area contributed by atoms with Crippen LogP contribution >= 0.6 is 0 Å². The summed E-state index contributed by atoms with van der Waals surface area (Å²) in [6.45, 7) is 1.27. The van der Waals surface area contributed by atoms with Crippen LogP contribution in [0.4, 0.5) is 0 Å². The summed E-state index contributed by atoms with van der Waals surface area (Å²) in [5, 5.41) is 3.29. The molecule has 1 nitrogen and oxygen atoms in total. The Labute approximate surface area is 63.2 Å². The lowest BCUT2D eigenvalue weighted by Crippen LogP contribution is -2.30. The fraction of sp³-hybridized carbons (Fsp3) is 1.00. The SMILES string of the molecule is CNCC1CCC2CCC21. The summed E-state index contributed by atoms with van der Waals surface area (Å²) in [5.74, 6) is 3.29. The maximum Gasteiger partial charge on any atom is -0.00208 e. The average Bonchev–Trinajstić information content (AvgIpc) is 2.08. The first-order chi connectivity index (χ1) is 4.92. The molecule has 2 aliphatic rings. The van der Waals surface area contributed by atoms with E-state index in [1.54, 1.807) is 0 Å². The van der Waals surface area contributed by atoms with Gasteiger partial charge in [0.2, 0.25) is 0 Å². The van der Waals surface area contributed by atoms with E-state index in [0.717, 1.165) is 17.8 Å². The van der Waals surface area contributed by atoms with Crippen LogP contribution in [-0.2, 0) is 0 Å². The van der Waals surface area contributed by atoms with Gasteiger partial charge in [-0.25, -0.2) is 0 Å². The van der Waals surface area contributed by atoms with E-state index >= 15 is 0 Å². The summed E-state index contributed by atoms with van der Waals surface area (Å²) in [7, 11) is 2.08. The molecule has 2 rings (SSSR count). The predicted octanol–water partition coefficient (Wildman–Crippen LogP) is 1.64. The van der Waals surface area contributed by atoms with Crippen molar-refractivity contribution in [2.45, 2.75) is 25.7 Å². The Bertz CT molecular complexity index is 120. The van der Waals surface area contributed by atoms with Crippen molar-refractivity contribution in [1.29, 1.82) is 0 Å². The Balaban J connectivity index is 1.87. The number of rotatable bonds is 2. The minimum absolute atomic E-state index is 1.03. The molecule has 10 heavy (non-hydrogen) atoms. The standard InChI is InChI=1S/C9H17N/c1-10-6-8-3-2-7-4-5-9(7)8/h7-10H,2-6H2,1H3. The summed E-state index contributed by atoms with van der Waals surface area (Å²) in [6.07, 6.45) is 6.08. The van der Waals surface area contributed by atoms with Crippen molar-refractivity contribution in [3.8, 4) is 0 Å². The summed E-state index contributed by atoms with van der Waals surface area (Å²) in [6, 6.07) is 0. The highest BCUT2D eigenvalue weighted by Gasteiger charge is 2.41. The van der Waals surface area contributed by atoms with Gasteiger partial charge in [-0.15, -0.1) is 0 Å². The molecule has 0 spiro atoms. The zero-order valence-corrected chi connectivity index (χ0v) is 6.77. The van der Waals surface area contributed by atoms with Gasteiger partial charge in [-0.3, -0.25) is 0 Å². The first-order valence-corrected chi connectivity index (χ1v) is 4.56. The Hall–Kier alpha value is -0.0400. The number of nitrogens with one attached hydrogen (secondary N) is 1. The van der Waals surface area contributed by atoms with Gasteiger partial charge in [-0.2, -0.15) is 0 Å². The maximum atomic E-state index is 3.29. The first kappa shape index (κ1) is 6.66. The van der Waals surface area contributed by atoms with E-state index in [-0.39, 0.29) is 0 Å². The van der Waals surface area contributed by atoms with Gasteiger partial charge in [-0.05, 0) is 57.0 Å². The lowest BCUT2D eigenvalue weighted by molar-refractivity contribution is 0.171. The third-order valence-corrected chi connectivity index (χ3v) is 3.46. The van der Waals surface area contributed by atoms with E-state index in [9.17, 15) is 0 Å². The second kappa shape index (κ2) is 2.54. The van der Waals surface area contributed by atoms with Gasteiger partial charge in [0.15, 0.2) is 0 Å². The second-order valence-corrected chi connectivity index (χ2v) is 3.90. The average molecular weight is 139 g/mol. The van der Waals surface area contributed by atoms with Crippen LogP contribution in [0.2, 0.25) is 0 Å². The van der Waals surface area contributed by atoms with Crippen LogP contribution in [0.15, 0.2) is 0 Å². The van der Waals surface area contributed by atoms with Gasteiger partial charge in [0.05, 0.1) is 0 Å². The molecule has 0 aromatic rings. The van der Waals surface area contributed by atoms with Crippen molar-refractivity contribution in [3.05, 3.63) is 0 Å². The highest BCUT2D eigenvalue weighted by molar-refractivity contribution is 4.92. The lowest BCUT2D eigenvalue weighted by Gasteiger charge is -2.34. The molecular weight excluding hydrogens is 122 g/mol. The molecular formula is C9H17N. The largest absolute Gasteiger partial charge is 0.319 e. The van der Waals surface area contributed by atoms with Crippen molar-refractivity contribution in [3.63, 3.8) is 0 Å². The molecule has 1 heteroatoms. The van der Waals surface area contributed by atoms with Gasteiger partial charge in [-0.1, -0.05) is 0 Å². The van der Waals surface area contributed by atoms with Crippen LogP contribution in [0.5, 0.6) is 0 Å². The van der Waals surface area contributed by atoms with E-state index in [1.807, 2.05) is 0 Å². The summed E-state index contributed by atoms with van der Waals surface area (Å²) in [5.41, 5.74) is 0. The van der Waals surface area contributed by atoms with Crippen LogP contribution in [0.1, 0.15) is 25.7 Å². The van der Waals surface area contributed by atoms with Crippen molar-refractivity contribution >= 4 is 0 Å². The Morgan fingerprint density at radius 2 is 2.00 bits per heavy atom. The minimum atomic E-state index is 1.03. The molecule has 3 atom stereocenters. The molecule has 0 aromatic heterocycles. The van der Waals surface area contributed by atoms with Gasteiger partial charge < -0.3 is 5.32 Å². The predicted molar refractivity (Wildman–Crippen MR) is 42.9 cm³/mol. The Morgan fingerprint density at radius 1 is 1.20 bits per heavy atom. The maximum absolute atomic E-state index is 3.29. The zero-order valence-electron chi connectivity index (χ0n) is 6.77. The summed E-state index contributed by atoms with van der Waals surface area (Å²) >= 11 is 0. The molecule has 0 aromatic carbocycles. The van der Waals surface area contributed by atoms with Crippen LogP contribution in [0.25, 0.3) is 0 Å². The van der Waals surface area contributed by atoms with Crippen LogP contribution in [-0.4, -0.2) is 13.6 Å². The van der Waals surface area contributed by atoms with Gasteiger partial charge in [0.1, 0.15) is 0 Å². The van der Waals surface area contributed by atoms with Crippen LogP contribution in [0, 0.1) is 17.8 Å². The summed E-state index contributed by atoms with van der Waals surface area (Å²) in [4.78, 5) is 0. The minimum Gasteiger partial charge on any atom is -0.319 e. The van der Waals surface area contributed by atoms with Crippen LogP contribution < -0.4 is 5.32 Å². The fourth-order valence-electron chi connectivity index (χ4n) is 2.73. The highest BCUT2D eigenvalue weighted by atomic mass is 14.8. The molecule has 2 aliphatic carbocycles. The molecule has 0 amide bonds. The third kappa shape index (κ3) is 0.878. The van der Waals surface area contributed by atoms with Gasteiger partial charge in [0.25, 0.3) is 0 Å². The topological polar surface area (TPSA) is 12.0 Å². The molecule has 0 bridgehead atoms. The lowest BCUT2D eigenvalue weighted by atomic mass is 9.73. The van der Waals surface area contributed by atoms with E-state index in [0.29, 0.717) is 0 Å². The molecule has 2 fully saturated rings. The molecule has 0 aliphatic heterocycles. The van der Waals surface area contributed by atoms with E-state index in [4.69, 9.17) is 0 Å². The molecule has 2 saturated carbocycles. The molecule has 0 heterocycles. The van der Waals surface area contributed by atoms with E-state index in [2.05, 4.69) is 12.4 Å². The Morgan fingerprint density at radius 3 is 2.50 bits per heavy atom. The van der Waals surface area contributed by atoms with Crippen molar-refractivity contribution in [2.24, 2.45) is 17.8 Å². The highest BCUT2D eigenvalue weighted by Crippen LogP contribution is 2.49. The van der Waals surface area contributed by atoms with E-state index in [1.165, 1.54) is 32.2 Å². The summed E-state index contributed by atoms with van der Waals surface area (Å²) < 4.78 is 0. The molecule has 0 radical (unpaired) electrons. The number of fused-ring (bicyclic) bond motifs is 1. The van der Waals surface area contributed by atoms with Crippen LogP contribution in [0.3, 0.4) is 0 Å². The second-order valence-electron chi connectivity index (χ2n) is 3.90. The van der Waals surface area contributed by atoms with Crippen molar-refractivity contribution < 1.29 is 0 Å². The smallest absolute Gasteiger partial charge is 0.00208 e. The zero-order chi connectivity index (χ0) is 6.97. The van der Waals surface area contributed by atoms with E-state index < -0.39 is 0 Å². The van der Waals surface area contributed by atoms with Gasteiger partial charge in [0, 0.05) is 0 Å². The number of hydrogen-bond acceptors (Lipinski definition) is 1. The third-order valence-electron chi connectivity index (χ3n) is 3.46. The normalized spacial score (nSPS) is 44.7. The Kier molecular flexibility index (Phi) is 1.69. The molecule has 3 unspecified atom stereocenters. The first-order valence-electron chi connectivity index (χ1n) is 4.56. The monoisotopic (exact) mass is 139 g/mol. The number of hydrogen-bond donors (Lipinski definition) is 1. The van der Waals surface area contributed by atoms with Gasteiger partial charge >= 0.3 is 0 Å². The fourth-order valence-corrected chi connectivity index (χ4v) is 2.73. The quantitative estimate of drug-likeness (QED) is 0.613.